The van der Waals surface area contributed by atoms with Gasteiger partial charge in [0.15, 0.2) is 0 Å². The van der Waals surface area contributed by atoms with Crippen molar-refractivity contribution in [3.8, 4) is 5.75 Å². The zero-order valence-corrected chi connectivity index (χ0v) is 19.0. The van der Waals surface area contributed by atoms with Crippen LogP contribution in [-0.2, 0) is 21.4 Å². The fraction of sp³-hybridized carbons (Fsp3) is 0.480. The van der Waals surface area contributed by atoms with E-state index in [-0.39, 0.29) is 29.7 Å². The molecular formula is C25H34ClNO3. The summed E-state index contributed by atoms with van der Waals surface area (Å²) in [6, 6.07) is 17.8. The first-order valence-corrected chi connectivity index (χ1v) is 10.6. The zero-order valence-electron chi connectivity index (χ0n) is 18.2. The molecule has 0 aliphatic carbocycles. The number of phenols is 1. The Morgan fingerprint density at radius 3 is 2.60 bits per heavy atom. The number of piperidine rings is 1. The lowest BCUT2D eigenvalue weighted by molar-refractivity contribution is -0.149. The Hall–Kier alpha value is -2.04. The van der Waals surface area contributed by atoms with Crippen LogP contribution in [-0.4, -0.2) is 42.2 Å². The van der Waals surface area contributed by atoms with Gasteiger partial charge in [0.1, 0.15) is 5.75 Å². The van der Waals surface area contributed by atoms with Crippen molar-refractivity contribution in [1.82, 2.24) is 4.90 Å². The first-order valence-electron chi connectivity index (χ1n) is 10.6. The van der Waals surface area contributed by atoms with E-state index in [9.17, 15) is 9.90 Å². The third-order valence-corrected chi connectivity index (χ3v) is 6.50. The van der Waals surface area contributed by atoms with E-state index in [1.165, 1.54) is 11.1 Å². The highest BCUT2D eigenvalue weighted by atomic mass is 35.5. The summed E-state index contributed by atoms with van der Waals surface area (Å²) in [6.07, 6.45) is 1.70. The molecule has 5 heteroatoms. The van der Waals surface area contributed by atoms with Gasteiger partial charge in [-0.25, -0.2) is 0 Å². The van der Waals surface area contributed by atoms with Gasteiger partial charge in [-0.3, -0.25) is 4.79 Å². The average Bonchev–Trinajstić information content (AvgIpc) is 2.71. The zero-order chi connectivity index (χ0) is 20.9. The molecule has 0 saturated carbocycles. The van der Waals surface area contributed by atoms with Gasteiger partial charge in [-0.1, -0.05) is 56.3 Å². The number of aromatic hydroxyl groups is 1. The summed E-state index contributed by atoms with van der Waals surface area (Å²) < 4.78 is 5.37. The Morgan fingerprint density at radius 1 is 1.23 bits per heavy atom. The Bertz CT molecular complexity index is 813. The van der Waals surface area contributed by atoms with E-state index in [2.05, 4.69) is 36.9 Å². The van der Waals surface area contributed by atoms with Gasteiger partial charge in [0.2, 0.25) is 0 Å². The first kappa shape index (κ1) is 24.2. The minimum atomic E-state index is -0.158. The molecule has 4 nitrogen and oxygen atoms in total. The van der Waals surface area contributed by atoms with Crippen molar-refractivity contribution in [2.45, 2.75) is 39.0 Å². The highest BCUT2D eigenvalue weighted by Gasteiger charge is 2.39. The number of nitrogens with zero attached hydrogens (tertiary/aromatic N) is 1. The summed E-state index contributed by atoms with van der Waals surface area (Å²) in [5.74, 6) is 0.473. The molecule has 0 spiro atoms. The van der Waals surface area contributed by atoms with Gasteiger partial charge in [0, 0.05) is 13.1 Å². The van der Waals surface area contributed by atoms with Gasteiger partial charge in [-0.15, -0.1) is 12.4 Å². The lowest BCUT2D eigenvalue weighted by Gasteiger charge is -2.45. The van der Waals surface area contributed by atoms with Crippen LogP contribution >= 0.6 is 12.4 Å². The van der Waals surface area contributed by atoms with E-state index >= 15 is 0 Å². The average molecular weight is 432 g/mol. The van der Waals surface area contributed by atoms with Crippen LogP contribution in [0.3, 0.4) is 0 Å². The number of carbonyl (C=O) groups excluding carboxylic acids is 1. The molecule has 0 amide bonds. The number of carbonyl (C=O) groups is 1. The predicted molar refractivity (Wildman–Crippen MR) is 123 cm³/mol. The standard InChI is InChI=1S/C25H33NO3.ClH/c1-4-29-24(28)21(15-20-9-6-5-7-10-20)18-26-14-13-25(3,19(2)17-26)22-11-8-12-23(27)16-22;/h5-12,16,19,21,27H,4,13-15,17-18H2,1-3H3;1H/t19-,21-,25+;/m0./s1. The van der Waals surface area contributed by atoms with Gasteiger partial charge in [0.05, 0.1) is 12.5 Å². The smallest absolute Gasteiger partial charge is 0.310 e. The molecule has 0 unspecified atom stereocenters. The second-order valence-corrected chi connectivity index (χ2v) is 8.52. The normalized spacial score (nSPS) is 22.7. The van der Waals surface area contributed by atoms with E-state index in [0.717, 1.165) is 19.5 Å². The van der Waals surface area contributed by atoms with Crippen molar-refractivity contribution in [1.29, 1.82) is 0 Å². The van der Waals surface area contributed by atoms with Crippen molar-refractivity contribution in [3.05, 3.63) is 65.7 Å². The maximum absolute atomic E-state index is 12.6. The number of phenolic OH excluding ortho intramolecular Hbond substituents is 1. The maximum Gasteiger partial charge on any atom is 0.310 e. The van der Waals surface area contributed by atoms with Gasteiger partial charge >= 0.3 is 5.97 Å². The van der Waals surface area contributed by atoms with Crippen molar-refractivity contribution in [3.63, 3.8) is 0 Å². The molecule has 1 aliphatic heterocycles. The minimum Gasteiger partial charge on any atom is -0.508 e. The van der Waals surface area contributed by atoms with E-state index in [1.807, 2.05) is 37.3 Å². The Labute approximate surface area is 186 Å². The fourth-order valence-electron chi connectivity index (χ4n) is 4.47. The van der Waals surface area contributed by atoms with Gasteiger partial charge in [-0.2, -0.15) is 0 Å². The molecule has 3 atom stereocenters. The Balaban J connectivity index is 0.00000320. The predicted octanol–water partition coefficient (Wildman–Crippen LogP) is 4.84. The van der Waals surface area contributed by atoms with Crippen LogP contribution in [0.25, 0.3) is 0 Å². The van der Waals surface area contributed by atoms with E-state index in [1.54, 1.807) is 6.07 Å². The van der Waals surface area contributed by atoms with Crippen LogP contribution in [0.15, 0.2) is 54.6 Å². The maximum atomic E-state index is 12.6. The molecule has 1 fully saturated rings. The largest absolute Gasteiger partial charge is 0.508 e. The number of benzene rings is 2. The molecule has 2 aromatic carbocycles. The SMILES string of the molecule is CCOC(=O)[C@@H](Cc1ccccc1)CN1CC[C@@](C)(c2cccc(O)c2)[C@@H](C)C1.Cl. The number of hydrogen-bond donors (Lipinski definition) is 1. The summed E-state index contributed by atoms with van der Waals surface area (Å²) >= 11 is 0. The number of likely N-dealkylation sites (tertiary alicyclic amines) is 1. The summed E-state index contributed by atoms with van der Waals surface area (Å²) in [5, 5.41) is 9.91. The number of ether oxygens (including phenoxy) is 1. The highest BCUT2D eigenvalue weighted by molar-refractivity contribution is 5.85. The fourth-order valence-corrected chi connectivity index (χ4v) is 4.47. The van der Waals surface area contributed by atoms with Crippen LogP contribution in [0.5, 0.6) is 5.75 Å². The van der Waals surface area contributed by atoms with Crippen LogP contribution in [0.4, 0.5) is 0 Å². The topological polar surface area (TPSA) is 49.8 Å². The molecule has 2 aromatic rings. The first-order chi connectivity index (χ1) is 13.9. The highest BCUT2D eigenvalue weighted by Crippen LogP contribution is 2.40. The van der Waals surface area contributed by atoms with Crippen LogP contribution in [0, 0.1) is 11.8 Å². The quantitative estimate of drug-likeness (QED) is 0.637. The number of rotatable bonds is 7. The molecule has 30 heavy (non-hydrogen) atoms. The molecule has 1 aliphatic rings. The monoisotopic (exact) mass is 431 g/mol. The number of esters is 1. The number of halogens is 1. The van der Waals surface area contributed by atoms with E-state index < -0.39 is 0 Å². The van der Waals surface area contributed by atoms with Crippen LogP contribution < -0.4 is 0 Å². The van der Waals surface area contributed by atoms with Crippen LogP contribution in [0.1, 0.15) is 38.3 Å². The van der Waals surface area contributed by atoms with Crippen molar-refractivity contribution in [2.24, 2.45) is 11.8 Å². The lowest BCUT2D eigenvalue weighted by atomic mass is 9.68. The van der Waals surface area contributed by atoms with E-state index in [4.69, 9.17) is 4.74 Å². The van der Waals surface area contributed by atoms with Crippen molar-refractivity contribution < 1.29 is 14.6 Å². The molecule has 0 bridgehead atoms. The molecule has 3 rings (SSSR count). The summed E-state index contributed by atoms with van der Waals surface area (Å²) in [6.45, 7) is 9.41. The van der Waals surface area contributed by atoms with Crippen molar-refractivity contribution >= 4 is 18.4 Å². The molecule has 1 saturated heterocycles. The van der Waals surface area contributed by atoms with Gasteiger partial charge in [-0.05, 0) is 60.9 Å². The molecule has 164 valence electrons. The van der Waals surface area contributed by atoms with Gasteiger partial charge in [0.25, 0.3) is 0 Å². The van der Waals surface area contributed by atoms with Crippen LogP contribution in [0.2, 0.25) is 0 Å². The number of hydrogen-bond acceptors (Lipinski definition) is 4. The lowest BCUT2D eigenvalue weighted by Crippen LogP contribution is -2.49. The van der Waals surface area contributed by atoms with E-state index in [0.29, 0.717) is 31.2 Å². The van der Waals surface area contributed by atoms with Crippen molar-refractivity contribution in [2.75, 3.05) is 26.2 Å². The second-order valence-electron chi connectivity index (χ2n) is 8.52. The summed E-state index contributed by atoms with van der Waals surface area (Å²) in [4.78, 5) is 15.0. The third kappa shape index (κ3) is 5.77. The minimum absolute atomic E-state index is 0. The second kappa shape index (κ2) is 10.8. The summed E-state index contributed by atoms with van der Waals surface area (Å²) in [5.41, 5.74) is 2.38. The third-order valence-electron chi connectivity index (χ3n) is 6.50. The molecule has 0 radical (unpaired) electrons. The molecular weight excluding hydrogens is 398 g/mol. The Morgan fingerprint density at radius 2 is 1.97 bits per heavy atom. The molecule has 0 aromatic heterocycles. The molecule has 1 N–H and O–H groups in total. The van der Waals surface area contributed by atoms with Gasteiger partial charge < -0.3 is 14.7 Å². The Kier molecular flexibility index (Phi) is 8.75. The molecule has 1 heterocycles. The summed E-state index contributed by atoms with van der Waals surface area (Å²) in [7, 11) is 0.